The minimum absolute atomic E-state index is 0.245. The summed E-state index contributed by atoms with van der Waals surface area (Å²) in [6.45, 7) is 1.84. The molecule has 1 heterocycles. The van der Waals surface area contributed by atoms with Crippen molar-refractivity contribution >= 4 is 0 Å². The first-order valence-corrected chi connectivity index (χ1v) is 4.87. The first-order valence-electron chi connectivity index (χ1n) is 4.87. The van der Waals surface area contributed by atoms with Crippen LogP contribution in [0.1, 0.15) is 22.8 Å². The van der Waals surface area contributed by atoms with E-state index in [9.17, 15) is 9.50 Å². The van der Waals surface area contributed by atoms with Crippen molar-refractivity contribution in [2.75, 3.05) is 0 Å². The molecule has 82 valence electrons. The number of aliphatic hydroxyl groups is 1. The van der Waals surface area contributed by atoms with Gasteiger partial charge in [-0.05, 0) is 13.0 Å². The van der Waals surface area contributed by atoms with Crippen LogP contribution in [0, 0.1) is 12.7 Å². The highest BCUT2D eigenvalue weighted by atomic mass is 19.1. The summed E-state index contributed by atoms with van der Waals surface area (Å²) in [5.74, 6) is -0.429. The second-order valence-electron chi connectivity index (χ2n) is 3.60. The molecule has 0 spiro atoms. The molecule has 1 aromatic carbocycles. The van der Waals surface area contributed by atoms with E-state index in [-0.39, 0.29) is 5.56 Å². The summed E-state index contributed by atoms with van der Waals surface area (Å²) in [6, 6.07) is 4.62. The molecule has 2 rings (SSSR count). The standard InChI is InChI=1S/C12H11FN2O/c1-8-2-3-11(13)10(4-8)12(16)9-5-14-7-15-6-9/h2-7,12,16H,1H3. The average Bonchev–Trinajstić information content (AvgIpc) is 2.32. The predicted octanol–water partition coefficient (Wildman–Crippen LogP) is 2.01. The molecule has 1 N–H and O–H groups in total. The number of aromatic nitrogens is 2. The Labute approximate surface area is 92.6 Å². The molecule has 4 heteroatoms. The van der Waals surface area contributed by atoms with Gasteiger partial charge < -0.3 is 5.11 Å². The summed E-state index contributed by atoms with van der Waals surface area (Å²) in [4.78, 5) is 7.58. The van der Waals surface area contributed by atoms with Gasteiger partial charge in [0.1, 0.15) is 18.2 Å². The molecule has 0 saturated carbocycles. The van der Waals surface area contributed by atoms with Crippen molar-refractivity contribution < 1.29 is 9.50 Å². The van der Waals surface area contributed by atoms with Crippen LogP contribution in [-0.2, 0) is 0 Å². The second-order valence-corrected chi connectivity index (χ2v) is 3.60. The van der Waals surface area contributed by atoms with Gasteiger partial charge in [-0.15, -0.1) is 0 Å². The lowest BCUT2D eigenvalue weighted by Crippen LogP contribution is -2.03. The fourth-order valence-corrected chi connectivity index (χ4v) is 1.50. The third kappa shape index (κ3) is 2.06. The number of hydrogen-bond donors (Lipinski definition) is 1. The fraction of sp³-hybridized carbons (Fsp3) is 0.167. The second kappa shape index (κ2) is 4.37. The Bertz CT molecular complexity index is 488. The Morgan fingerprint density at radius 2 is 1.94 bits per heavy atom. The van der Waals surface area contributed by atoms with Crippen LogP contribution in [0.2, 0.25) is 0 Å². The van der Waals surface area contributed by atoms with Crippen molar-refractivity contribution in [2.24, 2.45) is 0 Å². The molecular weight excluding hydrogens is 207 g/mol. The average molecular weight is 218 g/mol. The number of aliphatic hydroxyl groups excluding tert-OH is 1. The van der Waals surface area contributed by atoms with Crippen molar-refractivity contribution in [1.82, 2.24) is 9.97 Å². The van der Waals surface area contributed by atoms with Crippen molar-refractivity contribution in [2.45, 2.75) is 13.0 Å². The van der Waals surface area contributed by atoms with Gasteiger partial charge in [-0.2, -0.15) is 0 Å². The highest BCUT2D eigenvalue weighted by Crippen LogP contribution is 2.23. The fourth-order valence-electron chi connectivity index (χ4n) is 1.50. The van der Waals surface area contributed by atoms with Crippen LogP contribution in [0.3, 0.4) is 0 Å². The van der Waals surface area contributed by atoms with Crippen molar-refractivity contribution in [3.63, 3.8) is 0 Å². The number of aryl methyl sites for hydroxylation is 1. The van der Waals surface area contributed by atoms with Crippen LogP contribution < -0.4 is 0 Å². The number of nitrogens with zero attached hydrogens (tertiary/aromatic N) is 2. The molecule has 2 aromatic rings. The van der Waals surface area contributed by atoms with Gasteiger partial charge in [-0.3, -0.25) is 0 Å². The molecule has 1 aromatic heterocycles. The van der Waals surface area contributed by atoms with E-state index < -0.39 is 11.9 Å². The molecule has 0 aliphatic heterocycles. The summed E-state index contributed by atoms with van der Waals surface area (Å²) in [5.41, 5.74) is 1.62. The zero-order chi connectivity index (χ0) is 11.5. The van der Waals surface area contributed by atoms with Crippen molar-refractivity contribution in [3.05, 3.63) is 59.4 Å². The van der Waals surface area contributed by atoms with Crippen LogP contribution in [0.4, 0.5) is 4.39 Å². The van der Waals surface area contributed by atoms with Gasteiger partial charge in [0.05, 0.1) is 0 Å². The lowest BCUT2D eigenvalue weighted by atomic mass is 10.0. The van der Waals surface area contributed by atoms with Gasteiger partial charge >= 0.3 is 0 Å². The van der Waals surface area contributed by atoms with Gasteiger partial charge in [0.15, 0.2) is 0 Å². The summed E-state index contributed by atoms with van der Waals surface area (Å²) in [5, 5.41) is 9.98. The van der Waals surface area contributed by atoms with Crippen LogP contribution in [-0.4, -0.2) is 15.1 Å². The Morgan fingerprint density at radius 3 is 2.62 bits per heavy atom. The van der Waals surface area contributed by atoms with Crippen LogP contribution in [0.5, 0.6) is 0 Å². The lowest BCUT2D eigenvalue weighted by molar-refractivity contribution is 0.214. The molecule has 0 saturated heterocycles. The topological polar surface area (TPSA) is 46.0 Å². The molecule has 0 fully saturated rings. The largest absolute Gasteiger partial charge is 0.383 e. The van der Waals surface area contributed by atoms with Crippen LogP contribution in [0.15, 0.2) is 36.9 Å². The van der Waals surface area contributed by atoms with E-state index in [0.29, 0.717) is 5.56 Å². The van der Waals surface area contributed by atoms with Gasteiger partial charge in [0.25, 0.3) is 0 Å². The maximum atomic E-state index is 13.5. The van der Waals surface area contributed by atoms with Crippen molar-refractivity contribution in [1.29, 1.82) is 0 Å². The first kappa shape index (κ1) is 10.7. The van der Waals surface area contributed by atoms with E-state index in [1.54, 1.807) is 12.1 Å². The minimum Gasteiger partial charge on any atom is -0.383 e. The van der Waals surface area contributed by atoms with Crippen molar-refractivity contribution in [3.8, 4) is 0 Å². The van der Waals surface area contributed by atoms with E-state index >= 15 is 0 Å². The number of halogens is 1. The molecule has 3 nitrogen and oxygen atoms in total. The van der Waals surface area contributed by atoms with E-state index in [2.05, 4.69) is 9.97 Å². The molecule has 0 amide bonds. The third-order valence-electron chi connectivity index (χ3n) is 2.34. The molecule has 16 heavy (non-hydrogen) atoms. The lowest BCUT2D eigenvalue weighted by Gasteiger charge is -2.12. The zero-order valence-electron chi connectivity index (χ0n) is 8.76. The minimum atomic E-state index is -1.03. The molecule has 1 unspecified atom stereocenters. The Kier molecular flexibility index (Phi) is 2.92. The smallest absolute Gasteiger partial charge is 0.129 e. The predicted molar refractivity (Wildman–Crippen MR) is 57.2 cm³/mol. The number of rotatable bonds is 2. The van der Waals surface area contributed by atoms with Crippen LogP contribution >= 0.6 is 0 Å². The highest BCUT2D eigenvalue weighted by molar-refractivity contribution is 5.31. The van der Waals surface area contributed by atoms with E-state index in [1.807, 2.05) is 6.92 Å². The summed E-state index contributed by atoms with van der Waals surface area (Å²) in [6.07, 6.45) is 3.28. The number of benzene rings is 1. The molecule has 0 radical (unpaired) electrons. The molecule has 1 atom stereocenters. The maximum absolute atomic E-state index is 13.5. The number of hydrogen-bond acceptors (Lipinski definition) is 3. The summed E-state index contributed by atoms with van der Waals surface area (Å²) < 4.78 is 13.5. The van der Waals surface area contributed by atoms with E-state index in [1.165, 1.54) is 24.8 Å². The van der Waals surface area contributed by atoms with Gasteiger partial charge in [-0.25, -0.2) is 14.4 Å². The van der Waals surface area contributed by atoms with Gasteiger partial charge in [0.2, 0.25) is 0 Å². The molecule has 0 aliphatic carbocycles. The Morgan fingerprint density at radius 1 is 1.25 bits per heavy atom. The normalized spacial score (nSPS) is 12.4. The van der Waals surface area contributed by atoms with Crippen LogP contribution in [0.25, 0.3) is 0 Å². The molecular formula is C12H11FN2O. The molecule has 0 aliphatic rings. The third-order valence-corrected chi connectivity index (χ3v) is 2.34. The summed E-state index contributed by atoms with van der Waals surface area (Å²) in [7, 11) is 0. The van der Waals surface area contributed by atoms with Gasteiger partial charge in [-0.1, -0.05) is 17.7 Å². The van der Waals surface area contributed by atoms with E-state index in [4.69, 9.17) is 0 Å². The van der Waals surface area contributed by atoms with E-state index in [0.717, 1.165) is 5.56 Å². The maximum Gasteiger partial charge on any atom is 0.129 e. The SMILES string of the molecule is Cc1ccc(F)c(C(O)c2cncnc2)c1. The Hall–Kier alpha value is -1.81. The zero-order valence-corrected chi connectivity index (χ0v) is 8.76. The monoisotopic (exact) mass is 218 g/mol. The first-order chi connectivity index (χ1) is 7.68. The molecule has 0 bridgehead atoms. The summed E-state index contributed by atoms with van der Waals surface area (Å²) >= 11 is 0. The highest BCUT2D eigenvalue weighted by Gasteiger charge is 2.15. The van der Waals surface area contributed by atoms with Gasteiger partial charge in [0, 0.05) is 23.5 Å². The quantitative estimate of drug-likeness (QED) is 0.838. The Balaban J connectivity index is 2.41.